The number of nitrogens with zero attached hydrogens (tertiary/aromatic N) is 3. The molecule has 28 heavy (non-hydrogen) atoms. The largest absolute Gasteiger partial charge is 0.416 e. The van der Waals surface area contributed by atoms with E-state index in [1.165, 1.54) is 12.1 Å². The fraction of sp³-hybridized carbons (Fsp3) is 0.0556. The molecule has 0 bridgehead atoms. The van der Waals surface area contributed by atoms with Crippen molar-refractivity contribution < 1.29 is 13.2 Å². The lowest BCUT2D eigenvalue weighted by Gasteiger charge is -2.11. The van der Waals surface area contributed by atoms with E-state index < -0.39 is 11.7 Å². The summed E-state index contributed by atoms with van der Waals surface area (Å²) in [4.78, 5) is 15.8. The van der Waals surface area contributed by atoms with Gasteiger partial charge in [-0.15, -0.1) is 0 Å². The number of aromatic nitrogens is 4. The van der Waals surface area contributed by atoms with Crippen LogP contribution in [0, 0.1) is 0 Å². The molecule has 4 aromatic rings. The molecule has 2 heterocycles. The second kappa shape index (κ2) is 6.68. The van der Waals surface area contributed by atoms with Gasteiger partial charge in [0.15, 0.2) is 28.8 Å². The summed E-state index contributed by atoms with van der Waals surface area (Å²) in [6.07, 6.45) is -4.41. The van der Waals surface area contributed by atoms with Crippen LogP contribution in [0.25, 0.3) is 22.6 Å². The maximum absolute atomic E-state index is 12.8. The van der Waals surface area contributed by atoms with E-state index in [1.54, 1.807) is 24.3 Å². The van der Waals surface area contributed by atoms with Crippen LogP contribution in [-0.4, -0.2) is 19.9 Å². The van der Waals surface area contributed by atoms with Gasteiger partial charge in [0.25, 0.3) is 0 Å². The molecular formula is C18H12ClF3N6. The SMILES string of the molecule is Nc1nc2c(Nc3ccc(C(F)(F)F)cc3)nc(-c3ccccc3Cl)nc2[nH]1. The zero-order chi connectivity index (χ0) is 19.9. The summed E-state index contributed by atoms with van der Waals surface area (Å²) in [5.41, 5.74) is 6.70. The molecule has 4 rings (SSSR count). The number of hydrogen-bond donors (Lipinski definition) is 3. The summed E-state index contributed by atoms with van der Waals surface area (Å²) in [5.74, 6) is 0.736. The fourth-order valence-corrected chi connectivity index (χ4v) is 2.87. The Balaban J connectivity index is 1.78. The molecule has 2 aromatic heterocycles. The molecule has 142 valence electrons. The van der Waals surface area contributed by atoms with Gasteiger partial charge in [0.1, 0.15) is 0 Å². The fourth-order valence-electron chi connectivity index (χ4n) is 2.65. The minimum absolute atomic E-state index is 0.135. The maximum atomic E-state index is 12.8. The lowest BCUT2D eigenvalue weighted by molar-refractivity contribution is -0.137. The van der Waals surface area contributed by atoms with Crippen molar-refractivity contribution in [1.82, 2.24) is 19.9 Å². The first kappa shape index (κ1) is 18.1. The van der Waals surface area contributed by atoms with E-state index in [0.29, 0.717) is 33.3 Å². The Kier molecular flexibility index (Phi) is 4.31. The number of fused-ring (bicyclic) bond motifs is 1. The summed E-state index contributed by atoms with van der Waals surface area (Å²) < 4.78 is 38.3. The van der Waals surface area contributed by atoms with Gasteiger partial charge in [-0.2, -0.15) is 13.2 Å². The van der Waals surface area contributed by atoms with Crippen LogP contribution in [0.3, 0.4) is 0 Å². The van der Waals surface area contributed by atoms with Crippen LogP contribution in [0.4, 0.5) is 30.6 Å². The first-order chi connectivity index (χ1) is 13.3. The van der Waals surface area contributed by atoms with Gasteiger partial charge in [-0.1, -0.05) is 23.7 Å². The third kappa shape index (κ3) is 3.44. The lowest BCUT2D eigenvalue weighted by Crippen LogP contribution is -2.05. The number of nitrogen functional groups attached to an aromatic ring is 1. The molecule has 2 aromatic carbocycles. The number of anilines is 3. The molecule has 0 aliphatic carbocycles. The van der Waals surface area contributed by atoms with Gasteiger partial charge in [0, 0.05) is 11.3 Å². The van der Waals surface area contributed by atoms with E-state index in [2.05, 4.69) is 25.3 Å². The van der Waals surface area contributed by atoms with Crippen molar-refractivity contribution in [2.45, 2.75) is 6.18 Å². The van der Waals surface area contributed by atoms with Crippen molar-refractivity contribution in [2.75, 3.05) is 11.1 Å². The van der Waals surface area contributed by atoms with Gasteiger partial charge in [-0.25, -0.2) is 15.0 Å². The van der Waals surface area contributed by atoms with Crippen molar-refractivity contribution in [3.63, 3.8) is 0 Å². The first-order valence-corrected chi connectivity index (χ1v) is 8.41. The van der Waals surface area contributed by atoms with Crippen LogP contribution in [0.15, 0.2) is 48.5 Å². The molecule has 6 nitrogen and oxygen atoms in total. The van der Waals surface area contributed by atoms with E-state index in [1.807, 2.05) is 0 Å². The number of halogens is 4. The molecule has 0 atom stereocenters. The molecule has 0 amide bonds. The Morgan fingerprint density at radius 3 is 2.36 bits per heavy atom. The van der Waals surface area contributed by atoms with Crippen molar-refractivity contribution in [2.24, 2.45) is 0 Å². The number of alkyl halides is 3. The highest BCUT2D eigenvalue weighted by Crippen LogP contribution is 2.32. The minimum atomic E-state index is -4.41. The summed E-state index contributed by atoms with van der Waals surface area (Å²) in [7, 11) is 0. The summed E-state index contributed by atoms with van der Waals surface area (Å²) in [5, 5.41) is 3.42. The summed E-state index contributed by atoms with van der Waals surface area (Å²) in [6, 6.07) is 11.6. The quantitative estimate of drug-likeness (QED) is 0.446. The molecule has 0 radical (unpaired) electrons. The van der Waals surface area contributed by atoms with Gasteiger partial charge in [-0.3, -0.25) is 0 Å². The lowest BCUT2D eigenvalue weighted by atomic mass is 10.2. The Bertz CT molecular complexity index is 1150. The van der Waals surface area contributed by atoms with Gasteiger partial charge in [0.2, 0.25) is 0 Å². The predicted octanol–water partition coefficient (Wildman–Crippen LogP) is 5.02. The number of benzene rings is 2. The molecule has 0 aliphatic heterocycles. The predicted molar refractivity (Wildman–Crippen MR) is 101 cm³/mol. The van der Waals surface area contributed by atoms with Crippen LogP contribution >= 0.6 is 11.6 Å². The molecule has 0 unspecified atom stereocenters. The number of aromatic amines is 1. The van der Waals surface area contributed by atoms with Crippen LogP contribution in [-0.2, 0) is 6.18 Å². The van der Waals surface area contributed by atoms with Crippen molar-refractivity contribution in [1.29, 1.82) is 0 Å². The summed E-state index contributed by atoms with van der Waals surface area (Å²) in [6.45, 7) is 0. The molecule has 0 fully saturated rings. The third-order valence-electron chi connectivity index (χ3n) is 3.95. The van der Waals surface area contributed by atoms with Crippen molar-refractivity contribution in [3.05, 3.63) is 59.1 Å². The standard InChI is InChI=1S/C18H12ClF3N6/c19-12-4-2-1-3-11(12)14-26-15(13-16(27-14)28-17(23)25-13)24-10-7-5-9(6-8-10)18(20,21)22/h1-8H,(H4,23,24,25,26,27,28). The topological polar surface area (TPSA) is 92.5 Å². The molecule has 0 saturated heterocycles. The maximum Gasteiger partial charge on any atom is 0.416 e. The molecule has 0 saturated carbocycles. The number of imidazole rings is 1. The summed E-state index contributed by atoms with van der Waals surface area (Å²) >= 11 is 6.23. The normalized spacial score (nSPS) is 11.7. The first-order valence-electron chi connectivity index (χ1n) is 8.03. The monoisotopic (exact) mass is 404 g/mol. The molecule has 0 spiro atoms. The highest BCUT2D eigenvalue weighted by molar-refractivity contribution is 6.33. The van der Waals surface area contributed by atoms with Gasteiger partial charge in [-0.05, 0) is 36.4 Å². The Labute approximate surface area is 161 Å². The molecular weight excluding hydrogens is 393 g/mol. The number of hydrogen-bond acceptors (Lipinski definition) is 5. The van der Waals surface area contributed by atoms with E-state index in [9.17, 15) is 13.2 Å². The molecule has 4 N–H and O–H groups in total. The van der Waals surface area contributed by atoms with Crippen molar-refractivity contribution >= 4 is 40.2 Å². The number of H-pyrrole nitrogens is 1. The highest BCUT2D eigenvalue weighted by Gasteiger charge is 2.30. The average Bonchev–Trinajstić information content (AvgIpc) is 3.02. The number of rotatable bonds is 3. The van der Waals surface area contributed by atoms with E-state index >= 15 is 0 Å². The Morgan fingerprint density at radius 2 is 1.68 bits per heavy atom. The second-order valence-corrected chi connectivity index (χ2v) is 6.30. The number of nitrogens with two attached hydrogens (primary N) is 1. The van der Waals surface area contributed by atoms with Crippen LogP contribution < -0.4 is 11.1 Å². The average molecular weight is 405 g/mol. The minimum Gasteiger partial charge on any atom is -0.369 e. The van der Waals surface area contributed by atoms with Gasteiger partial charge < -0.3 is 16.0 Å². The Morgan fingerprint density at radius 1 is 0.964 bits per heavy atom. The van der Waals surface area contributed by atoms with Gasteiger partial charge >= 0.3 is 6.18 Å². The second-order valence-electron chi connectivity index (χ2n) is 5.90. The zero-order valence-corrected chi connectivity index (χ0v) is 14.8. The van der Waals surface area contributed by atoms with Crippen LogP contribution in [0.5, 0.6) is 0 Å². The smallest absolute Gasteiger partial charge is 0.369 e. The third-order valence-corrected chi connectivity index (χ3v) is 4.28. The van der Waals surface area contributed by atoms with E-state index in [0.717, 1.165) is 12.1 Å². The van der Waals surface area contributed by atoms with E-state index in [-0.39, 0.29) is 11.8 Å². The zero-order valence-electron chi connectivity index (χ0n) is 14.0. The van der Waals surface area contributed by atoms with Crippen LogP contribution in [0.1, 0.15) is 5.56 Å². The Hall–Kier alpha value is -3.33. The van der Waals surface area contributed by atoms with Crippen molar-refractivity contribution in [3.8, 4) is 11.4 Å². The molecule has 0 aliphatic rings. The van der Waals surface area contributed by atoms with E-state index in [4.69, 9.17) is 17.3 Å². The number of nitrogens with one attached hydrogen (secondary N) is 2. The highest BCUT2D eigenvalue weighted by atomic mass is 35.5. The molecule has 10 heteroatoms. The van der Waals surface area contributed by atoms with Crippen LogP contribution in [0.2, 0.25) is 5.02 Å². The van der Waals surface area contributed by atoms with Gasteiger partial charge in [0.05, 0.1) is 10.6 Å².